The van der Waals surface area contributed by atoms with E-state index in [-0.39, 0.29) is 21.4 Å². The van der Waals surface area contributed by atoms with E-state index in [2.05, 4.69) is 4.98 Å². The van der Waals surface area contributed by atoms with Crippen molar-refractivity contribution in [2.75, 3.05) is 0 Å². The standard InChI is InChI=1S/C23H15Cl3FNO3/c24-15-3-1-12(2-4-15)7-14-11-28-20-6-5-16(10-17(14)20)31-22-18(25)8-13(9-19(22)26)21(27)23(29)30/h1-6,8-11,21,28H,7H2,(H,29,30). The molecule has 0 spiro atoms. The number of hydrogen-bond acceptors (Lipinski definition) is 2. The highest BCUT2D eigenvalue weighted by molar-refractivity contribution is 6.37. The summed E-state index contributed by atoms with van der Waals surface area (Å²) >= 11 is 18.4. The number of aliphatic carboxylic acids is 1. The SMILES string of the molecule is O=C(O)C(F)c1cc(Cl)c(Oc2ccc3[nH]cc(Cc4ccc(Cl)cc4)c3c2)c(Cl)c1. The van der Waals surface area contributed by atoms with E-state index in [1.165, 1.54) is 12.1 Å². The number of rotatable bonds is 6. The number of nitrogens with one attached hydrogen (secondary N) is 1. The number of hydrogen-bond donors (Lipinski definition) is 2. The van der Waals surface area contributed by atoms with Crippen molar-refractivity contribution in [3.8, 4) is 11.5 Å². The predicted octanol–water partition coefficient (Wildman–Crippen LogP) is 7.61. The first-order valence-electron chi connectivity index (χ1n) is 9.20. The van der Waals surface area contributed by atoms with E-state index in [4.69, 9.17) is 44.6 Å². The molecule has 0 saturated heterocycles. The zero-order chi connectivity index (χ0) is 22.1. The topological polar surface area (TPSA) is 62.3 Å². The van der Waals surface area contributed by atoms with E-state index in [0.29, 0.717) is 17.2 Å². The molecule has 1 atom stereocenters. The Morgan fingerprint density at radius 2 is 1.71 bits per heavy atom. The van der Waals surface area contributed by atoms with E-state index >= 15 is 0 Å². The summed E-state index contributed by atoms with van der Waals surface area (Å²) in [5, 5.41) is 10.5. The Labute approximate surface area is 192 Å². The molecule has 4 rings (SSSR count). The van der Waals surface area contributed by atoms with Crippen molar-refractivity contribution in [3.63, 3.8) is 0 Å². The molecule has 0 bridgehead atoms. The third-order valence-electron chi connectivity index (χ3n) is 4.80. The molecule has 31 heavy (non-hydrogen) atoms. The number of benzene rings is 3. The molecule has 158 valence electrons. The van der Waals surface area contributed by atoms with Crippen LogP contribution in [0, 0.1) is 0 Å². The summed E-state index contributed by atoms with van der Waals surface area (Å²) in [7, 11) is 0. The molecule has 0 saturated carbocycles. The highest BCUT2D eigenvalue weighted by atomic mass is 35.5. The fraction of sp³-hybridized carbons (Fsp3) is 0.0870. The Morgan fingerprint density at radius 3 is 2.35 bits per heavy atom. The van der Waals surface area contributed by atoms with Gasteiger partial charge in [0.15, 0.2) is 5.75 Å². The van der Waals surface area contributed by atoms with Crippen molar-refractivity contribution in [2.24, 2.45) is 0 Å². The van der Waals surface area contributed by atoms with Gasteiger partial charge in [-0.15, -0.1) is 0 Å². The van der Waals surface area contributed by atoms with Crippen LogP contribution in [0.15, 0.2) is 60.8 Å². The second-order valence-corrected chi connectivity index (χ2v) is 8.19. The zero-order valence-electron chi connectivity index (χ0n) is 15.8. The molecule has 0 fully saturated rings. The van der Waals surface area contributed by atoms with E-state index < -0.39 is 12.1 Å². The quantitative estimate of drug-likeness (QED) is 0.300. The lowest BCUT2D eigenvalue weighted by Crippen LogP contribution is -2.06. The Bertz CT molecular complexity index is 1250. The fourth-order valence-corrected chi connectivity index (χ4v) is 3.98. The first-order chi connectivity index (χ1) is 14.8. The number of halogens is 4. The number of aromatic amines is 1. The van der Waals surface area contributed by atoms with Crippen molar-refractivity contribution in [3.05, 3.63) is 92.6 Å². The van der Waals surface area contributed by atoms with Gasteiger partial charge in [-0.05, 0) is 60.0 Å². The van der Waals surface area contributed by atoms with Crippen molar-refractivity contribution in [1.29, 1.82) is 0 Å². The lowest BCUT2D eigenvalue weighted by Gasteiger charge is -2.12. The molecule has 0 aliphatic heterocycles. The number of fused-ring (bicyclic) bond motifs is 1. The molecule has 0 radical (unpaired) electrons. The highest BCUT2D eigenvalue weighted by Gasteiger charge is 2.22. The van der Waals surface area contributed by atoms with Crippen LogP contribution < -0.4 is 4.74 Å². The van der Waals surface area contributed by atoms with Crippen LogP contribution in [-0.2, 0) is 11.2 Å². The molecule has 0 aliphatic carbocycles. The number of carboxylic acid groups (broad SMARTS) is 1. The molecule has 0 aliphatic rings. The molecule has 3 aromatic carbocycles. The maximum absolute atomic E-state index is 13.8. The lowest BCUT2D eigenvalue weighted by atomic mass is 10.0. The van der Waals surface area contributed by atoms with Crippen molar-refractivity contribution >= 4 is 51.7 Å². The van der Waals surface area contributed by atoms with Gasteiger partial charge in [-0.3, -0.25) is 0 Å². The molecule has 1 aromatic heterocycles. The van der Waals surface area contributed by atoms with Crippen LogP contribution in [0.3, 0.4) is 0 Å². The summed E-state index contributed by atoms with van der Waals surface area (Å²) in [6.07, 6.45) is 0.408. The fourth-order valence-electron chi connectivity index (χ4n) is 3.27. The molecule has 2 N–H and O–H groups in total. The van der Waals surface area contributed by atoms with Gasteiger partial charge in [0.2, 0.25) is 6.17 Å². The third-order valence-corrected chi connectivity index (χ3v) is 5.61. The van der Waals surface area contributed by atoms with Gasteiger partial charge >= 0.3 is 5.97 Å². The maximum atomic E-state index is 13.8. The van der Waals surface area contributed by atoms with E-state index in [9.17, 15) is 9.18 Å². The van der Waals surface area contributed by atoms with E-state index in [1.807, 2.05) is 42.6 Å². The van der Waals surface area contributed by atoms with Gasteiger partial charge in [0.1, 0.15) is 5.75 Å². The molecule has 8 heteroatoms. The normalized spacial score (nSPS) is 12.1. The third kappa shape index (κ3) is 4.64. The van der Waals surface area contributed by atoms with Crippen LogP contribution in [0.2, 0.25) is 15.1 Å². The monoisotopic (exact) mass is 477 g/mol. The molecule has 4 nitrogen and oxygen atoms in total. The second-order valence-electron chi connectivity index (χ2n) is 6.94. The largest absolute Gasteiger partial charge is 0.479 e. The maximum Gasteiger partial charge on any atom is 0.343 e. The van der Waals surface area contributed by atoms with Gasteiger partial charge in [-0.25, -0.2) is 9.18 Å². The average Bonchev–Trinajstić information content (AvgIpc) is 3.13. The average molecular weight is 479 g/mol. The Kier molecular flexibility index (Phi) is 6.10. The van der Waals surface area contributed by atoms with Gasteiger partial charge in [-0.2, -0.15) is 0 Å². The number of alkyl halides is 1. The zero-order valence-corrected chi connectivity index (χ0v) is 18.1. The summed E-state index contributed by atoms with van der Waals surface area (Å²) in [5.74, 6) is -1.01. The Balaban J connectivity index is 1.63. The van der Waals surface area contributed by atoms with Crippen LogP contribution in [0.25, 0.3) is 10.9 Å². The van der Waals surface area contributed by atoms with Crippen molar-refractivity contribution in [1.82, 2.24) is 4.98 Å². The highest BCUT2D eigenvalue weighted by Crippen LogP contribution is 2.40. The van der Waals surface area contributed by atoms with Crippen LogP contribution in [0.5, 0.6) is 11.5 Å². The molecule has 1 unspecified atom stereocenters. The van der Waals surface area contributed by atoms with E-state index in [0.717, 1.165) is 22.0 Å². The summed E-state index contributed by atoms with van der Waals surface area (Å²) in [6.45, 7) is 0. The van der Waals surface area contributed by atoms with Crippen LogP contribution in [-0.4, -0.2) is 16.1 Å². The molecule has 4 aromatic rings. The van der Waals surface area contributed by atoms with Gasteiger partial charge in [0, 0.05) is 27.7 Å². The van der Waals surface area contributed by atoms with Crippen LogP contribution in [0.1, 0.15) is 22.9 Å². The summed E-state index contributed by atoms with van der Waals surface area (Å²) < 4.78 is 19.7. The van der Waals surface area contributed by atoms with Crippen LogP contribution in [0.4, 0.5) is 4.39 Å². The van der Waals surface area contributed by atoms with Gasteiger partial charge < -0.3 is 14.8 Å². The summed E-state index contributed by atoms with van der Waals surface area (Å²) in [6, 6.07) is 15.5. The van der Waals surface area contributed by atoms with Gasteiger partial charge in [0.05, 0.1) is 10.0 Å². The number of ether oxygens (including phenoxy) is 1. The Hall–Kier alpha value is -2.73. The summed E-state index contributed by atoms with van der Waals surface area (Å²) in [5.41, 5.74) is 2.96. The van der Waals surface area contributed by atoms with Crippen LogP contribution >= 0.6 is 34.8 Å². The molecule has 1 heterocycles. The lowest BCUT2D eigenvalue weighted by molar-refractivity contribution is -0.143. The second kappa shape index (κ2) is 8.79. The molecule has 0 amide bonds. The minimum Gasteiger partial charge on any atom is -0.479 e. The number of aromatic nitrogens is 1. The number of H-pyrrole nitrogens is 1. The minimum absolute atomic E-state index is 0.0157. The minimum atomic E-state index is -2.23. The summed E-state index contributed by atoms with van der Waals surface area (Å²) in [4.78, 5) is 14.1. The number of carbonyl (C=O) groups is 1. The first-order valence-corrected chi connectivity index (χ1v) is 10.3. The van der Waals surface area contributed by atoms with Gasteiger partial charge in [0.25, 0.3) is 0 Å². The van der Waals surface area contributed by atoms with Crippen molar-refractivity contribution in [2.45, 2.75) is 12.6 Å². The van der Waals surface area contributed by atoms with Gasteiger partial charge in [-0.1, -0.05) is 46.9 Å². The number of carboxylic acids is 1. The first kappa shape index (κ1) is 21.5. The van der Waals surface area contributed by atoms with E-state index in [1.54, 1.807) is 6.07 Å². The predicted molar refractivity (Wildman–Crippen MR) is 121 cm³/mol. The molecular weight excluding hydrogens is 464 g/mol. The Morgan fingerprint density at radius 1 is 1.03 bits per heavy atom. The smallest absolute Gasteiger partial charge is 0.343 e. The molecular formula is C23H15Cl3FNO3. The van der Waals surface area contributed by atoms with Crippen molar-refractivity contribution < 1.29 is 19.0 Å².